The van der Waals surface area contributed by atoms with Gasteiger partial charge in [0.15, 0.2) is 0 Å². The van der Waals surface area contributed by atoms with Gasteiger partial charge in [0.05, 0.1) is 20.6 Å². The molecule has 0 bridgehead atoms. The number of benzene rings is 1. The van der Waals surface area contributed by atoms with Gasteiger partial charge in [-0.15, -0.1) is 0 Å². The molecule has 0 heterocycles. The third kappa shape index (κ3) is 15.2. The first-order valence-electron chi connectivity index (χ1n) is 10.8. The molecule has 0 aliphatic rings. The molecule has 0 aliphatic heterocycles. The predicted molar refractivity (Wildman–Crippen MR) is 120 cm³/mol. The van der Waals surface area contributed by atoms with Gasteiger partial charge in [-0.25, -0.2) is 0 Å². The van der Waals surface area contributed by atoms with Crippen LogP contribution in [0.15, 0.2) is 30.3 Å². The van der Waals surface area contributed by atoms with Crippen LogP contribution in [0.4, 0.5) is 0 Å². The van der Waals surface area contributed by atoms with Crippen LogP contribution in [0.3, 0.4) is 0 Å². The number of hydrogen-bond donors (Lipinski definition) is 2. The van der Waals surface area contributed by atoms with Crippen LogP contribution >= 0.6 is 12.6 Å². The number of thiol groups is 1. The first kappa shape index (κ1) is 27.3. The molecule has 3 nitrogen and oxygen atoms in total. The second-order valence-electron chi connectivity index (χ2n) is 8.31. The molecule has 162 valence electrons. The number of rotatable bonds is 16. The highest BCUT2D eigenvalue weighted by atomic mass is 35.5. The summed E-state index contributed by atoms with van der Waals surface area (Å²) in [6.45, 7) is 2.90. The van der Waals surface area contributed by atoms with Crippen molar-refractivity contribution < 1.29 is 21.7 Å². The minimum atomic E-state index is 0. The van der Waals surface area contributed by atoms with Crippen LogP contribution in [-0.4, -0.2) is 43.3 Å². The maximum Gasteiger partial charge on any atom is 0.219 e. The Morgan fingerprint density at radius 3 is 2.07 bits per heavy atom. The third-order valence-electron chi connectivity index (χ3n) is 5.03. The monoisotopic (exact) mass is 428 g/mol. The first-order chi connectivity index (χ1) is 13.0. The zero-order valence-electron chi connectivity index (χ0n) is 18.0. The summed E-state index contributed by atoms with van der Waals surface area (Å²) in [6.07, 6.45) is 11.7. The molecule has 0 aliphatic carbocycles. The zero-order chi connectivity index (χ0) is 19.8. The second kappa shape index (κ2) is 17.2. The van der Waals surface area contributed by atoms with E-state index in [2.05, 4.69) is 62.4 Å². The van der Waals surface area contributed by atoms with Crippen LogP contribution < -0.4 is 17.7 Å². The van der Waals surface area contributed by atoms with Crippen LogP contribution in [0.1, 0.15) is 69.8 Å². The summed E-state index contributed by atoms with van der Waals surface area (Å²) in [4.78, 5) is 11.9. The van der Waals surface area contributed by atoms with E-state index in [1.165, 1.54) is 50.5 Å². The zero-order valence-corrected chi connectivity index (χ0v) is 19.6. The molecule has 1 aromatic rings. The number of halogens is 1. The summed E-state index contributed by atoms with van der Waals surface area (Å²) in [5.74, 6) is 1.23. The van der Waals surface area contributed by atoms with Crippen LogP contribution in [0.25, 0.3) is 0 Å². The van der Waals surface area contributed by atoms with E-state index in [0.29, 0.717) is 6.42 Å². The summed E-state index contributed by atoms with van der Waals surface area (Å²) < 4.78 is 0.952. The van der Waals surface area contributed by atoms with E-state index in [0.717, 1.165) is 42.7 Å². The van der Waals surface area contributed by atoms with E-state index < -0.39 is 0 Å². The van der Waals surface area contributed by atoms with Crippen molar-refractivity contribution in [2.24, 2.45) is 0 Å². The number of hydrogen-bond acceptors (Lipinski definition) is 2. The van der Waals surface area contributed by atoms with Crippen molar-refractivity contribution >= 4 is 18.5 Å². The predicted octanol–water partition coefficient (Wildman–Crippen LogP) is 2.21. The van der Waals surface area contributed by atoms with Gasteiger partial charge < -0.3 is 22.2 Å². The molecule has 1 amide bonds. The lowest BCUT2D eigenvalue weighted by atomic mass is 10.1. The Balaban J connectivity index is 0.00000729. The Morgan fingerprint density at radius 2 is 1.46 bits per heavy atom. The molecule has 0 radical (unpaired) electrons. The van der Waals surface area contributed by atoms with Crippen LogP contribution in [0.2, 0.25) is 0 Å². The average molecular weight is 429 g/mol. The smallest absolute Gasteiger partial charge is 0.219 e. The number of nitrogens with zero attached hydrogens (tertiary/aromatic N) is 1. The largest absolute Gasteiger partial charge is 1.00 e. The number of carbonyl (C=O) groups excluding carboxylic acids is 1. The van der Waals surface area contributed by atoms with Crippen molar-refractivity contribution in [1.82, 2.24) is 5.32 Å². The van der Waals surface area contributed by atoms with E-state index in [1.54, 1.807) is 0 Å². The Bertz CT molecular complexity index is 497. The van der Waals surface area contributed by atoms with Crippen LogP contribution in [-0.2, 0) is 11.3 Å². The fourth-order valence-corrected chi connectivity index (χ4v) is 3.66. The van der Waals surface area contributed by atoms with Crippen molar-refractivity contribution in [1.29, 1.82) is 0 Å². The minimum Gasteiger partial charge on any atom is -1.00 e. The lowest BCUT2D eigenvalue weighted by Crippen LogP contribution is -3.00. The molecule has 0 spiro atoms. The Kier molecular flexibility index (Phi) is 16.7. The summed E-state index contributed by atoms with van der Waals surface area (Å²) in [5.41, 5.74) is 1.37. The third-order valence-corrected chi connectivity index (χ3v) is 5.34. The van der Waals surface area contributed by atoms with Gasteiger partial charge in [0.1, 0.15) is 6.54 Å². The fraction of sp³-hybridized carbons (Fsp3) is 0.696. The molecule has 1 rings (SSSR count). The number of quaternary nitrogens is 1. The molecule has 0 fully saturated rings. The topological polar surface area (TPSA) is 29.1 Å². The molecule has 0 saturated carbocycles. The van der Waals surface area contributed by atoms with Crippen molar-refractivity contribution in [2.75, 3.05) is 32.9 Å². The maximum atomic E-state index is 11.9. The molecule has 1 N–H and O–H groups in total. The Hall–Kier alpha value is -0.710. The van der Waals surface area contributed by atoms with Gasteiger partial charge in [0.2, 0.25) is 5.91 Å². The standard InChI is InChI=1S/C23H40N2OS.ClH/c1-25(2,21-22-15-10-9-11-16-22)19-14-18-24-23(26)17-12-7-5-3-4-6-8-13-20-27;/h9-11,15-16H,3-8,12-14,17-21H2,1-2H3,(H-,24,26,27);1H. The fourth-order valence-electron chi connectivity index (χ4n) is 3.44. The Labute approximate surface area is 185 Å². The van der Waals surface area contributed by atoms with E-state index >= 15 is 0 Å². The highest BCUT2D eigenvalue weighted by Gasteiger charge is 2.15. The van der Waals surface area contributed by atoms with Gasteiger partial charge in [0.25, 0.3) is 0 Å². The molecule has 5 heteroatoms. The van der Waals surface area contributed by atoms with Gasteiger partial charge in [0, 0.05) is 24.9 Å². The average Bonchev–Trinajstić information content (AvgIpc) is 2.64. The van der Waals surface area contributed by atoms with Gasteiger partial charge in [-0.05, 0) is 18.6 Å². The molecule has 0 aromatic heterocycles. The quantitative estimate of drug-likeness (QED) is 0.236. The van der Waals surface area contributed by atoms with Crippen molar-refractivity contribution in [3.8, 4) is 0 Å². The molecule has 0 saturated heterocycles. The Morgan fingerprint density at radius 1 is 0.893 bits per heavy atom. The molecular formula is C23H41ClN2OS. The van der Waals surface area contributed by atoms with Gasteiger partial charge in [-0.3, -0.25) is 4.79 Å². The van der Waals surface area contributed by atoms with Crippen LogP contribution in [0.5, 0.6) is 0 Å². The highest BCUT2D eigenvalue weighted by Crippen LogP contribution is 2.11. The first-order valence-corrected chi connectivity index (χ1v) is 11.4. The van der Waals surface area contributed by atoms with E-state index in [9.17, 15) is 4.79 Å². The molecule has 0 atom stereocenters. The van der Waals surface area contributed by atoms with E-state index in [-0.39, 0.29) is 18.3 Å². The number of unbranched alkanes of at least 4 members (excludes halogenated alkanes) is 7. The SMILES string of the molecule is C[N+](C)(CCCNC(=O)CCCCCCCCCCS)Cc1ccccc1.[Cl-]. The minimum absolute atomic E-state index is 0. The second-order valence-corrected chi connectivity index (χ2v) is 8.76. The number of nitrogens with one attached hydrogen (secondary N) is 1. The van der Waals surface area contributed by atoms with Crippen molar-refractivity contribution in [3.63, 3.8) is 0 Å². The van der Waals surface area contributed by atoms with Gasteiger partial charge >= 0.3 is 0 Å². The van der Waals surface area contributed by atoms with E-state index in [1.807, 2.05) is 0 Å². The molecule has 0 unspecified atom stereocenters. The van der Waals surface area contributed by atoms with Gasteiger partial charge in [-0.2, -0.15) is 12.6 Å². The van der Waals surface area contributed by atoms with Crippen molar-refractivity contribution in [3.05, 3.63) is 35.9 Å². The van der Waals surface area contributed by atoms with Gasteiger partial charge in [-0.1, -0.05) is 68.9 Å². The molecule has 1 aromatic carbocycles. The molecule has 28 heavy (non-hydrogen) atoms. The summed E-state index contributed by atoms with van der Waals surface area (Å²) in [6, 6.07) is 10.6. The van der Waals surface area contributed by atoms with Crippen molar-refractivity contribution in [2.45, 2.75) is 70.8 Å². The van der Waals surface area contributed by atoms with Crippen LogP contribution in [0, 0.1) is 0 Å². The summed E-state index contributed by atoms with van der Waals surface area (Å²) in [7, 11) is 4.51. The maximum absolute atomic E-state index is 11.9. The summed E-state index contributed by atoms with van der Waals surface area (Å²) >= 11 is 4.24. The number of amides is 1. The number of carbonyl (C=O) groups is 1. The normalized spacial score (nSPS) is 11.1. The van der Waals surface area contributed by atoms with E-state index in [4.69, 9.17) is 0 Å². The molecular weight excluding hydrogens is 388 g/mol. The highest BCUT2D eigenvalue weighted by molar-refractivity contribution is 7.80. The lowest BCUT2D eigenvalue weighted by molar-refractivity contribution is -0.903. The summed E-state index contributed by atoms with van der Waals surface area (Å²) in [5, 5.41) is 3.09. The lowest BCUT2D eigenvalue weighted by Gasteiger charge is -2.30.